The summed E-state index contributed by atoms with van der Waals surface area (Å²) in [7, 11) is 0. The molecule has 0 bridgehead atoms. The lowest BCUT2D eigenvalue weighted by atomic mass is 10.1. The summed E-state index contributed by atoms with van der Waals surface area (Å²) in [6.07, 6.45) is 0. The predicted octanol–water partition coefficient (Wildman–Crippen LogP) is 3.36. The van der Waals surface area contributed by atoms with Crippen LogP contribution in [-0.4, -0.2) is 15.2 Å². The Morgan fingerprint density at radius 2 is 1.95 bits per heavy atom. The molecule has 2 N–H and O–H groups in total. The molecule has 0 saturated heterocycles. The Morgan fingerprint density at radius 3 is 2.71 bits per heavy atom. The van der Waals surface area contributed by atoms with Gasteiger partial charge in [-0.15, -0.1) is 0 Å². The molecule has 2 aromatic carbocycles. The van der Waals surface area contributed by atoms with Gasteiger partial charge in [-0.1, -0.05) is 28.9 Å². The number of anilines is 1. The van der Waals surface area contributed by atoms with Gasteiger partial charge in [0, 0.05) is 11.3 Å². The molecule has 3 rings (SSSR count). The average Bonchev–Trinajstić information content (AvgIpc) is 2.96. The van der Waals surface area contributed by atoms with Crippen LogP contribution < -0.4 is 5.32 Å². The lowest BCUT2D eigenvalue weighted by Crippen LogP contribution is -1.99. The first-order valence-electron chi connectivity index (χ1n) is 6.63. The van der Waals surface area contributed by atoms with Crippen LogP contribution in [0.2, 0.25) is 0 Å². The fraction of sp³-hybridized carbons (Fsp3) is 0.125. The second-order valence-corrected chi connectivity index (χ2v) is 4.78. The quantitative estimate of drug-likeness (QED) is 0.717. The van der Waals surface area contributed by atoms with Crippen molar-refractivity contribution in [2.75, 3.05) is 5.32 Å². The number of rotatable bonds is 4. The second kappa shape index (κ2) is 5.66. The summed E-state index contributed by atoms with van der Waals surface area (Å²) >= 11 is 0. The summed E-state index contributed by atoms with van der Waals surface area (Å²) < 4.78 is 5.23. The minimum Gasteiger partial charge on any atom is -0.508 e. The molecule has 0 aliphatic rings. The first kappa shape index (κ1) is 13.2. The van der Waals surface area contributed by atoms with E-state index in [1.807, 2.05) is 31.2 Å². The van der Waals surface area contributed by atoms with Gasteiger partial charge < -0.3 is 14.9 Å². The second-order valence-electron chi connectivity index (χ2n) is 4.78. The van der Waals surface area contributed by atoms with Crippen molar-refractivity contribution in [2.45, 2.75) is 13.5 Å². The van der Waals surface area contributed by atoms with E-state index < -0.39 is 0 Å². The number of phenolic OH excluding ortho intramolecular Hbond substituents is 1. The number of benzene rings is 2. The maximum Gasteiger partial charge on any atom is 0.246 e. The molecular formula is C16H15N3O2. The topological polar surface area (TPSA) is 71.2 Å². The molecule has 0 fully saturated rings. The van der Waals surface area contributed by atoms with Crippen LogP contribution in [0.4, 0.5) is 5.69 Å². The van der Waals surface area contributed by atoms with Gasteiger partial charge in [0.15, 0.2) is 0 Å². The van der Waals surface area contributed by atoms with Gasteiger partial charge in [0.05, 0.1) is 6.54 Å². The number of phenols is 1. The Bertz CT molecular complexity index is 735. The van der Waals surface area contributed by atoms with Crippen LogP contribution in [0.1, 0.15) is 11.5 Å². The van der Waals surface area contributed by atoms with Crippen molar-refractivity contribution in [1.82, 2.24) is 10.1 Å². The molecule has 3 aromatic rings. The van der Waals surface area contributed by atoms with E-state index in [1.54, 1.807) is 24.3 Å². The van der Waals surface area contributed by atoms with Gasteiger partial charge in [-0.3, -0.25) is 0 Å². The molecule has 106 valence electrons. The van der Waals surface area contributed by atoms with Crippen molar-refractivity contribution < 1.29 is 9.63 Å². The van der Waals surface area contributed by atoms with Crippen LogP contribution in [0.5, 0.6) is 5.75 Å². The highest BCUT2D eigenvalue weighted by Gasteiger charge is 2.08. The van der Waals surface area contributed by atoms with Crippen molar-refractivity contribution >= 4 is 5.69 Å². The fourth-order valence-electron chi connectivity index (χ4n) is 1.99. The molecule has 0 unspecified atom stereocenters. The summed E-state index contributed by atoms with van der Waals surface area (Å²) in [5.74, 6) is 1.33. The Balaban J connectivity index is 1.69. The average molecular weight is 281 g/mol. The molecule has 0 aliphatic heterocycles. The maximum absolute atomic E-state index is 9.23. The number of hydrogen-bond acceptors (Lipinski definition) is 5. The molecule has 0 saturated carbocycles. The van der Waals surface area contributed by atoms with Crippen molar-refractivity contribution in [1.29, 1.82) is 0 Å². The van der Waals surface area contributed by atoms with Gasteiger partial charge >= 0.3 is 0 Å². The van der Waals surface area contributed by atoms with E-state index in [0.29, 0.717) is 18.3 Å². The zero-order valence-electron chi connectivity index (χ0n) is 11.6. The molecule has 0 aliphatic carbocycles. The summed E-state index contributed by atoms with van der Waals surface area (Å²) in [6.45, 7) is 2.46. The normalized spacial score (nSPS) is 10.5. The van der Waals surface area contributed by atoms with E-state index in [2.05, 4.69) is 15.5 Å². The zero-order valence-corrected chi connectivity index (χ0v) is 11.6. The third-order valence-corrected chi connectivity index (χ3v) is 3.06. The predicted molar refractivity (Wildman–Crippen MR) is 79.9 cm³/mol. The van der Waals surface area contributed by atoms with Crippen LogP contribution in [0.15, 0.2) is 53.1 Å². The Kier molecular flexibility index (Phi) is 3.55. The fourth-order valence-corrected chi connectivity index (χ4v) is 1.99. The SMILES string of the molecule is Cc1cccc(-c2noc(CNc3ccc(O)cc3)n2)c1. The van der Waals surface area contributed by atoms with E-state index in [1.165, 1.54) is 0 Å². The summed E-state index contributed by atoms with van der Waals surface area (Å²) in [5.41, 5.74) is 2.97. The Morgan fingerprint density at radius 1 is 1.14 bits per heavy atom. The highest BCUT2D eigenvalue weighted by Crippen LogP contribution is 2.18. The Hall–Kier alpha value is -2.82. The van der Waals surface area contributed by atoms with Gasteiger partial charge in [0.2, 0.25) is 11.7 Å². The van der Waals surface area contributed by atoms with E-state index in [-0.39, 0.29) is 5.75 Å². The van der Waals surface area contributed by atoms with Gasteiger partial charge in [0.25, 0.3) is 0 Å². The lowest BCUT2D eigenvalue weighted by Gasteiger charge is -2.02. The number of aromatic hydroxyl groups is 1. The summed E-state index contributed by atoms with van der Waals surface area (Å²) in [5, 5.41) is 16.4. The first-order valence-corrected chi connectivity index (χ1v) is 6.63. The van der Waals surface area contributed by atoms with Crippen LogP contribution in [0.25, 0.3) is 11.4 Å². The number of aryl methyl sites for hydroxylation is 1. The third kappa shape index (κ3) is 3.20. The molecule has 5 nitrogen and oxygen atoms in total. The zero-order chi connectivity index (χ0) is 14.7. The highest BCUT2D eigenvalue weighted by molar-refractivity contribution is 5.55. The Labute approximate surface area is 122 Å². The molecule has 21 heavy (non-hydrogen) atoms. The largest absolute Gasteiger partial charge is 0.508 e. The number of hydrogen-bond donors (Lipinski definition) is 2. The van der Waals surface area contributed by atoms with Crippen LogP contribution in [0.3, 0.4) is 0 Å². The third-order valence-electron chi connectivity index (χ3n) is 3.06. The molecule has 0 radical (unpaired) electrons. The first-order chi connectivity index (χ1) is 10.2. The van der Waals surface area contributed by atoms with Crippen LogP contribution >= 0.6 is 0 Å². The van der Waals surface area contributed by atoms with Crippen molar-refractivity contribution in [2.24, 2.45) is 0 Å². The van der Waals surface area contributed by atoms with Crippen molar-refractivity contribution in [3.05, 3.63) is 60.0 Å². The summed E-state index contributed by atoms with van der Waals surface area (Å²) in [4.78, 5) is 4.36. The molecule has 1 heterocycles. The van der Waals surface area contributed by atoms with E-state index in [4.69, 9.17) is 4.52 Å². The minimum absolute atomic E-state index is 0.236. The molecule has 0 amide bonds. The highest BCUT2D eigenvalue weighted by atomic mass is 16.5. The van der Waals surface area contributed by atoms with Gasteiger partial charge in [-0.05, 0) is 37.3 Å². The van der Waals surface area contributed by atoms with E-state index >= 15 is 0 Å². The number of nitrogens with zero attached hydrogens (tertiary/aromatic N) is 2. The maximum atomic E-state index is 9.23. The standard InChI is InChI=1S/C16H15N3O2/c1-11-3-2-4-12(9-11)16-18-15(21-19-16)10-17-13-5-7-14(20)8-6-13/h2-9,17,20H,10H2,1H3. The lowest BCUT2D eigenvalue weighted by molar-refractivity contribution is 0.384. The number of nitrogens with one attached hydrogen (secondary N) is 1. The molecule has 0 atom stereocenters. The molecule has 0 spiro atoms. The molecular weight excluding hydrogens is 266 g/mol. The van der Waals surface area contributed by atoms with Gasteiger partial charge in [-0.2, -0.15) is 4.98 Å². The molecule has 1 aromatic heterocycles. The monoisotopic (exact) mass is 281 g/mol. The summed E-state index contributed by atoms with van der Waals surface area (Å²) in [6, 6.07) is 14.8. The number of aromatic nitrogens is 2. The molecule has 5 heteroatoms. The van der Waals surface area contributed by atoms with Crippen LogP contribution in [0, 0.1) is 6.92 Å². The minimum atomic E-state index is 0.236. The van der Waals surface area contributed by atoms with Gasteiger partial charge in [0.1, 0.15) is 5.75 Å². The van der Waals surface area contributed by atoms with Crippen molar-refractivity contribution in [3.8, 4) is 17.1 Å². The van der Waals surface area contributed by atoms with Crippen LogP contribution in [-0.2, 0) is 6.54 Å². The van der Waals surface area contributed by atoms with Gasteiger partial charge in [-0.25, -0.2) is 0 Å². The van der Waals surface area contributed by atoms with E-state index in [0.717, 1.165) is 16.8 Å². The smallest absolute Gasteiger partial charge is 0.246 e. The van der Waals surface area contributed by atoms with Crippen molar-refractivity contribution in [3.63, 3.8) is 0 Å². The van der Waals surface area contributed by atoms with E-state index in [9.17, 15) is 5.11 Å².